The van der Waals surface area contributed by atoms with Crippen LogP contribution in [-0.2, 0) is 0 Å². The molecule has 0 radical (unpaired) electrons. The number of carbonyl (C=O) groups excluding carboxylic acids is 1. The summed E-state index contributed by atoms with van der Waals surface area (Å²) in [6, 6.07) is 7.43. The summed E-state index contributed by atoms with van der Waals surface area (Å²) < 4.78 is 19.0. The van der Waals surface area contributed by atoms with E-state index in [9.17, 15) is 9.18 Å². The highest BCUT2D eigenvalue weighted by molar-refractivity contribution is 6.31. The van der Waals surface area contributed by atoms with Crippen LogP contribution in [0.4, 0.5) is 4.39 Å². The van der Waals surface area contributed by atoms with Gasteiger partial charge < -0.3 is 4.74 Å². The third-order valence-corrected chi connectivity index (χ3v) is 3.39. The molecular formula is C16H14ClFO2. The van der Waals surface area contributed by atoms with Gasteiger partial charge >= 0.3 is 0 Å². The number of ketones is 1. The van der Waals surface area contributed by atoms with Gasteiger partial charge in [-0.2, -0.15) is 0 Å². The minimum Gasteiger partial charge on any atom is -0.496 e. The van der Waals surface area contributed by atoms with E-state index < -0.39 is 5.82 Å². The normalized spacial score (nSPS) is 10.4. The average molecular weight is 293 g/mol. The lowest BCUT2D eigenvalue weighted by atomic mass is 9.96. The Hall–Kier alpha value is -1.87. The molecule has 2 aromatic rings. The Kier molecular flexibility index (Phi) is 4.09. The largest absolute Gasteiger partial charge is 0.496 e. The van der Waals surface area contributed by atoms with Crippen molar-refractivity contribution in [2.75, 3.05) is 7.11 Å². The van der Waals surface area contributed by atoms with Crippen LogP contribution in [0, 0.1) is 19.7 Å². The predicted octanol–water partition coefficient (Wildman–Crippen LogP) is 4.34. The molecule has 0 spiro atoms. The van der Waals surface area contributed by atoms with Crippen molar-refractivity contribution in [2.24, 2.45) is 0 Å². The summed E-state index contributed by atoms with van der Waals surface area (Å²) in [4.78, 5) is 12.5. The highest BCUT2D eigenvalue weighted by Crippen LogP contribution is 2.26. The van der Waals surface area contributed by atoms with Crippen molar-refractivity contribution in [3.63, 3.8) is 0 Å². The van der Waals surface area contributed by atoms with Gasteiger partial charge in [0.1, 0.15) is 11.6 Å². The maximum atomic E-state index is 13.8. The zero-order valence-corrected chi connectivity index (χ0v) is 12.2. The van der Waals surface area contributed by atoms with Gasteiger partial charge in [-0.25, -0.2) is 4.39 Å². The van der Waals surface area contributed by atoms with E-state index in [0.29, 0.717) is 16.3 Å². The number of carbonyl (C=O) groups is 1. The molecule has 4 heteroatoms. The van der Waals surface area contributed by atoms with Gasteiger partial charge in [0, 0.05) is 10.6 Å². The van der Waals surface area contributed by atoms with E-state index >= 15 is 0 Å². The van der Waals surface area contributed by atoms with Crippen LogP contribution in [0.1, 0.15) is 27.0 Å². The average Bonchev–Trinajstić information content (AvgIpc) is 2.42. The Balaban J connectivity index is 2.54. The second-order valence-electron chi connectivity index (χ2n) is 4.59. The van der Waals surface area contributed by atoms with Crippen LogP contribution in [0.3, 0.4) is 0 Å². The Bertz CT molecular complexity index is 680. The molecule has 0 fully saturated rings. The molecule has 0 saturated carbocycles. The quantitative estimate of drug-likeness (QED) is 0.787. The van der Waals surface area contributed by atoms with E-state index in [1.807, 2.05) is 6.92 Å². The van der Waals surface area contributed by atoms with Crippen molar-refractivity contribution in [2.45, 2.75) is 13.8 Å². The summed E-state index contributed by atoms with van der Waals surface area (Å²) >= 11 is 5.83. The summed E-state index contributed by atoms with van der Waals surface area (Å²) in [6.45, 7) is 3.63. The van der Waals surface area contributed by atoms with Gasteiger partial charge in [-0.1, -0.05) is 11.6 Å². The molecule has 0 bridgehead atoms. The molecule has 0 aliphatic rings. The highest BCUT2D eigenvalue weighted by Gasteiger charge is 2.18. The molecule has 0 N–H and O–H groups in total. The second-order valence-corrected chi connectivity index (χ2v) is 5.03. The van der Waals surface area contributed by atoms with Crippen molar-refractivity contribution in [3.8, 4) is 5.75 Å². The van der Waals surface area contributed by atoms with Crippen LogP contribution in [-0.4, -0.2) is 12.9 Å². The van der Waals surface area contributed by atoms with Crippen molar-refractivity contribution in [1.82, 2.24) is 0 Å². The van der Waals surface area contributed by atoms with Gasteiger partial charge in [-0.05, 0) is 55.3 Å². The van der Waals surface area contributed by atoms with Crippen LogP contribution in [0.15, 0.2) is 30.3 Å². The monoisotopic (exact) mass is 292 g/mol. The maximum absolute atomic E-state index is 13.8. The molecule has 104 valence electrons. The van der Waals surface area contributed by atoms with E-state index in [1.54, 1.807) is 26.2 Å². The zero-order valence-electron chi connectivity index (χ0n) is 11.5. The lowest BCUT2D eigenvalue weighted by molar-refractivity contribution is 0.103. The summed E-state index contributed by atoms with van der Waals surface area (Å²) in [5, 5.41) is 0.331. The van der Waals surface area contributed by atoms with Crippen LogP contribution >= 0.6 is 11.6 Å². The first kappa shape index (κ1) is 14.5. The first-order chi connectivity index (χ1) is 9.43. The molecule has 0 heterocycles. The first-order valence-corrected chi connectivity index (χ1v) is 6.47. The molecule has 2 rings (SSSR count). The number of halogens is 2. The van der Waals surface area contributed by atoms with Gasteiger partial charge in [0.25, 0.3) is 0 Å². The zero-order chi connectivity index (χ0) is 14.9. The summed E-state index contributed by atoms with van der Waals surface area (Å²) in [5.41, 5.74) is 1.98. The molecule has 0 aliphatic carbocycles. The van der Waals surface area contributed by atoms with Crippen LogP contribution in [0.25, 0.3) is 0 Å². The topological polar surface area (TPSA) is 26.3 Å². The van der Waals surface area contributed by atoms with E-state index in [0.717, 1.165) is 11.1 Å². The predicted molar refractivity (Wildman–Crippen MR) is 77.3 cm³/mol. The van der Waals surface area contributed by atoms with Crippen molar-refractivity contribution in [1.29, 1.82) is 0 Å². The fourth-order valence-electron chi connectivity index (χ4n) is 2.07. The van der Waals surface area contributed by atoms with Gasteiger partial charge in [0.15, 0.2) is 5.78 Å². The standard InChI is InChI=1S/C16H14ClFO2/c1-9-7-15(20-3)10(2)6-12(9)16(19)13-8-11(17)4-5-14(13)18/h4-8H,1-3H3. The molecule has 20 heavy (non-hydrogen) atoms. The Morgan fingerprint density at radius 1 is 1.10 bits per heavy atom. The van der Waals surface area contributed by atoms with Crippen LogP contribution in [0.2, 0.25) is 5.02 Å². The van der Waals surface area contributed by atoms with E-state index in [-0.39, 0.29) is 11.3 Å². The van der Waals surface area contributed by atoms with E-state index in [2.05, 4.69) is 0 Å². The molecule has 0 aromatic heterocycles. The number of hydrogen-bond donors (Lipinski definition) is 0. The summed E-state index contributed by atoms with van der Waals surface area (Å²) in [6.07, 6.45) is 0. The summed E-state index contributed by atoms with van der Waals surface area (Å²) in [5.74, 6) is -0.258. The lowest BCUT2D eigenvalue weighted by Gasteiger charge is -2.11. The number of methoxy groups -OCH3 is 1. The third kappa shape index (κ3) is 2.68. The molecule has 0 amide bonds. The van der Waals surface area contributed by atoms with E-state index in [4.69, 9.17) is 16.3 Å². The SMILES string of the molecule is COc1cc(C)c(C(=O)c2cc(Cl)ccc2F)cc1C. The number of aryl methyl sites for hydroxylation is 2. The van der Waals surface area contributed by atoms with Crippen molar-refractivity contribution in [3.05, 3.63) is 63.4 Å². The van der Waals surface area contributed by atoms with Crippen LogP contribution < -0.4 is 4.74 Å². The second kappa shape index (κ2) is 5.63. The first-order valence-electron chi connectivity index (χ1n) is 6.09. The van der Waals surface area contributed by atoms with E-state index in [1.165, 1.54) is 18.2 Å². The maximum Gasteiger partial charge on any atom is 0.196 e. The molecule has 2 nitrogen and oxygen atoms in total. The fraction of sp³-hybridized carbons (Fsp3) is 0.188. The van der Waals surface area contributed by atoms with Gasteiger partial charge in [-0.3, -0.25) is 4.79 Å². The number of benzene rings is 2. The molecule has 0 aliphatic heterocycles. The molecular weight excluding hydrogens is 279 g/mol. The minimum absolute atomic E-state index is 0.0230. The van der Waals surface area contributed by atoms with Crippen molar-refractivity contribution >= 4 is 17.4 Å². The van der Waals surface area contributed by atoms with Gasteiger partial charge in [0.2, 0.25) is 0 Å². The molecule has 0 saturated heterocycles. The Morgan fingerprint density at radius 3 is 2.45 bits per heavy atom. The Morgan fingerprint density at radius 2 is 1.80 bits per heavy atom. The lowest BCUT2D eigenvalue weighted by Crippen LogP contribution is -2.07. The number of hydrogen-bond acceptors (Lipinski definition) is 2. The third-order valence-electron chi connectivity index (χ3n) is 3.16. The molecule has 0 atom stereocenters. The van der Waals surface area contributed by atoms with Gasteiger partial charge in [-0.15, -0.1) is 0 Å². The van der Waals surface area contributed by atoms with Crippen LogP contribution in [0.5, 0.6) is 5.75 Å². The summed E-state index contributed by atoms with van der Waals surface area (Å²) in [7, 11) is 1.57. The smallest absolute Gasteiger partial charge is 0.196 e. The van der Waals surface area contributed by atoms with Gasteiger partial charge in [0.05, 0.1) is 12.7 Å². The number of rotatable bonds is 3. The van der Waals surface area contributed by atoms with Crippen molar-refractivity contribution < 1.29 is 13.9 Å². The molecule has 0 unspecified atom stereocenters. The minimum atomic E-state index is -0.577. The Labute approximate surface area is 122 Å². The number of ether oxygens (including phenoxy) is 1. The molecule has 2 aromatic carbocycles. The highest BCUT2D eigenvalue weighted by atomic mass is 35.5. The fourth-order valence-corrected chi connectivity index (χ4v) is 2.24.